The van der Waals surface area contributed by atoms with E-state index in [1.54, 1.807) is 18.3 Å². The molecule has 3 aromatic rings. The van der Waals surface area contributed by atoms with Crippen LogP contribution in [0.25, 0.3) is 22.9 Å². The third-order valence-electron chi connectivity index (χ3n) is 2.68. The molecule has 1 N–H and O–H groups in total. The highest BCUT2D eigenvalue weighted by molar-refractivity contribution is 7.71. The van der Waals surface area contributed by atoms with E-state index in [2.05, 4.69) is 19.9 Å². The zero-order chi connectivity index (χ0) is 13.9. The highest BCUT2D eigenvalue weighted by atomic mass is 32.1. The van der Waals surface area contributed by atoms with Gasteiger partial charge in [0.05, 0.1) is 0 Å². The van der Waals surface area contributed by atoms with Gasteiger partial charge in [0.2, 0.25) is 4.77 Å². The molecule has 0 radical (unpaired) electrons. The van der Waals surface area contributed by atoms with Gasteiger partial charge in [0.25, 0.3) is 0 Å². The maximum absolute atomic E-state index is 13.0. The lowest BCUT2D eigenvalue weighted by Crippen LogP contribution is -1.98. The van der Waals surface area contributed by atoms with Gasteiger partial charge in [-0.1, -0.05) is 6.07 Å². The lowest BCUT2D eigenvalue weighted by molar-refractivity contribution is 0.628. The number of hydrogen-bond acceptors (Lipinski definition) is 4. The largest absolute Gasteiger partial charge is 0.322 e. The van der Waals surface area contributed by atoms with E-state index in [4.69, 9.17) is 12.2 Å². The number of nitrogens with one attached hydrogen (secondary N) is 1. The maximum atomic E-state index is 13.0. The molecule has 0 saturated carbocycles. The van der Waals surface area contributed by atoms with Gasteiger partial charge in [-0.15, -0.1) is 0 Å². The Morgan fingerprint density at radius 3 is 2.40 bits per heavy atom. The Bertz CT molecular complexity index is 784. The van der Waals surface area contributed by atoms with Gasteiger partial charge < -0.3 is 4.98 Å². The van der Waals surface area contributed by atoms with Crippen LogP contribution in [0.5, 0.6) is 0 Å². The molecule has 0 atom stereocenters. The summed E-state index contributed by atoms with van der Waals surface area (Å²) in [6, 6.07) is 11.5. The molecule has 6 heteroatoms. The van der Waals surface area contributed by atoms with Crippen LogP contribution in [-0.2, 0) is 0 Å². The summed E-state index contributed by atoms with van der Waals surface area (Å²) in [5.41, 5.74) is 1.40. The minimum atomic E-state index is -0.300. The number of rotatable bonds is 2. The third kappa shape index (κ3) is 2.60. The normalized spacial score (nSPS) is 10.4. The van der Waals surface area contributed by atoms with Crippen molar-refractivity contribution in [1.82, 2.24) is 19.9 Å². The van der Waals surface area contributed by atoms with Gasteiger partial charge in [-0.05, 0) is 48.6 Å². The van der Waals surface area contributed by atoms with E-state index in [1.165, 1.54) is 12.1 Å². The fourth-order valence-corrected chi connectivity index (χ4v) is 1.94. The molecule has 0 fully saturated rings. The number of nitrogens with zero attached hydrogens (tertiary/aromatic N) is 3. The molecule has 98 valence electrons. The first-order chi connectivity index (χ1) is 9.72. The van der Waals surface area contributed by atoms with Gasteiger partial charge in [0.1, 0.15) is 17.3 Å². The first-order valence-corrected chi connectivity index (χ1v) is 6.29. The second kappa shape index (κ2) is 5.26. The Hall–Kier alpha value is -2.47. The molecule has 0 saturated heterocycles. The summed E-state index contributed by atoms with van der Waals surface area (Å²) in [7, 11) is 0. The van der Waals surface area contributed by atoms with Gasteiger partial charge in [-0.3, -0.25) is 4.98 Å². The quantitative estimate of drug-likeness (QED) is 0.733. The van der Waals surface area contributed by atoms with Crippen LogP contribution in [0.3, 0.4) is 0 Å². The van der Waals surface area contributed by atoms with Crippen molar-refractivity contribution < 1.29 is 4.39 Å². The van der Waals surface area contributed by atoms with E-state index < -0.39 is 0 Å². The summed E-state index contributed by atoms with van der Waals surface area (Å²) in [6.45, 7) is 0. The molecule has 4 nitrogen and oxygen atoms in total. The lowest BCUT2D eigenvalue weighted by atomic mass is 10.2. The van der Waals surface area contributed by atoms with Crippen LogP contribution >= 0.6 is 12.2 Å². The molecular weight excluding hydrogens is 275 g/mol. The highest BCUT2D eigenvalue weighted by Crippen LogP contribution is 2.18. The predicted molar refractivity (Wildman–Crippen MR) is 75.8 cm³/mol. The number of aromatic nitrogens is 4. The van der Waals surface area contributed by atoms with E-state index in [0.717, 1.165) is 5.56 Å². The van der Waals surface area contributed by atoms with E-state index in [1.807, 2.05) is 18.2 Å². The number of aromatic amines is 1. The fraction of sp³-hybridized carbons (Fsp3) is 0. The van der Waals surface area contributed by atoms with E-state index in [0.29, 0.717) is 17.3 Å². The van der Waals surface area contributed by atoms with Crippen LogP contribution in [0.15, 0.2) is 48.7 Å². The van der Waals surface area contributed by atoms with Crippen LogP contribution in [0, 0.1) is 10.6 Å². The minimum Gasteiger partial charge on any atom is -0.322 e. The summed E-state index contributed by atoms with van der Waals surface area (Å²) < 4.78 is 13.2. The molecule has 0 spiro atoms. The molecular formula is C14H9FN4S. The number of halogens is 1. The predicted octanol–water partition coefficient (Wildman–Crippen LogP) is 3.40. The average Bonchev–Trinajstić information content (AvgIpc) is 2.48. The topological polar surface area (TPSA) is 54.5 Å². The summed E-state index contributed by atoms with van der Waals surface area (Å²) in [5.74, 6) is 0.766. The van der Waals surface area contributed by atoms with Crippen molar-refractivity contribution in [3.63, 3.8) is 0 Å². The molecule has 3 rings (SSSR count). The van der Waals surface area contributed by atoms with Crippen molar-refractivity contribution in [3.05, 3.63) is 59.2 Å². The first kappa shape index (κ1) is 12.6. The third-order valence-corrected chi connectivity index (χ3v) is 2.86. The zero-order valence-corrected chi connectivity index (χ0v) is 11.1. The van der Waals surface area contributed by atoms with Crippen LogP contribution in [0.2, 0.25) is 0 Å². The van der Waals surface area contributed by atoms with Crippen molar-refractivity contribution in [1.29, 1.82) is 0 Å². The second-order valence-corrected chi connectivity index (χ2v) is 4.42. The Morgan fingerprint density at radius 1 is 0.950 bits per heavy atom. The SMILES string of the molecule is Fc1ccc(-c2nc(=S)nc(-c3ccccn3)[nH]2)cc1. The standard InChI is InChI=1S/C14H9FN4S/c15-10-6-4-9(5-7-10)12-17-13(19-14(20)18-12)11-3-1-2-8-16-11/h1-8H,(H,17,18,19,20). The molecule has 0 aliphatic carbocycles. The molecule has 1 aromatic carbocycles. The Labute approximate surface area is 119 Å². The summed E-state index contributed by atoms with van der Waals surface area (Å²) in [6.07, 6.45) is 1.67. The van der Waals surface area contributed by atoms with Crippen LogP contribution < -0.4 is 0 Å². The average molecular weight is 284 g/mol. The zero-order valence-electron chi connectivity index (χ0n) is 10.2. The van der Waals surface area contributed by atoms with Gasteiger partial charge in [-0.25, -0.2) is 9.37 Å². The van der Waals surface area contributed by atoms with Gasteiger partial charge in [0.15, 0.2) is 5.82 Å². The van der Waals surface area contributed by atoms with E-state index >= 15 is 0 Å². The molecule has 0 aliphatic rings. The fourth-order valence-electron chi connectivity index (χ4n) is 1.75. The number of H-pyrrole nitrogens is 1. The molecule has 2 heterocycles. The van der Waals surface area contributed by atoms with E-state index in [9.17, 15) is 4.39 Å². The van der Waals surface area contributed by atoms with Crippen molar-refractivity contribution in [2.45, 2.75) is 0 Å². The molecule has 0 unspecified atom stereocenters. The smallest absolute Gasteiger partial charge is 0.223 e. The van der Waals surface area contributed by atoms with Gasteiger partial charge in [0, 0.05) is 11.8 Å². The van der Waals surface area contributed by atoms with E-state index in [-0.39, 0.29) is 10.6 Å². The maximum Gasteiger partial charge on any atom is 0.223 e. The van der Waals surface area contributed by atoms with Crippen LogP contribution in [0.1, 0.15) is 0 Å². The molecule has 0 amide bonds. The Kier molecular flexibility index (Phi) is 3.30. The minimum absolute atomic E-state index is 0.212. The molecule has 2 aromatic heterocycles. The Morgan fingerprint density at radius 2 is 1.70 bits per heavy atom. The van der Waals surface area contributed by atoms with Crippen LogP contribution in [-0.4, -0.2) is 19.9 Å². The first-order valence-electron chi connectivity index (χ1n) is 5.88. The number of pyridine rings is 1. The van der Waals surface area contributed by atoms with Crippen molar-refractivity contribution in [2.24, 2.45) is 0 Å². The molecule has 0 bridgehead atoms. The van der Waals surface area contributed by atoms with Crippen molar-refractivity contribution in [2.75, 3.05) is 0 Å². The molecule has 0 aliphatic heterocycles. The van der Waals surface area contributed by atoms with Gasteiger partial charge in [-0.2, -0.15) is 4.98 Å². The van der Waals surface area contributed by atoms with Crippen molar-refractivity contribution >= 4 is 12.2 Å². The summed E-state index contributed by atoms with van der Waals surface area (Å²) in [4.78, 5) is 15.6. The summed E-state index contributed by atoms with van der Waals surface area (Å²) in [5, 5.41) is 0. The second-order valence-electron chi connectivity index (χ2n) is 4.05. The lowest BCUT2D eigenvalue weighted by Gasteiger charge is -2.04. The van der Waals surface area contributed by atoms with Crippen molar-refractivity contribution in [3.8, 4) is 22.9 Å². The van der Waals surface area contributed by atoms with Gasteiger partial charge >= 0.3 is 0 Å². The summed E-state index contributed by atoms with van der Waals surface area (Å²) >= 11 is 5.07. The number of hydrogen-bond donors (Lipinski definition) is 1. The Balaban J connectivity index is 2.12. The monoisotopic (exact) mass is 284 g/mol. The number of benzene rings is 1. The van der Waals surface area contributed by atoms with Crippen LogP contribution in [0.4, 0.5) is 4.39 Å². The molecule has 20 heavy (non-hydrogen) atoms. The highest BCUT2D eigenvalue weighted by Gasteiger charge is 2.06.